The van der Waals surface area contributed by atoms with Crippen molar-refractivity contribution in [1.29, 1.82) is 0 Å². The standard InChI is InChI=1S/C19H16ClNO3/c1-11-3-8-17-16(9-11)15(10-18(22)23)12(2)21(17)19(24)13-4-6-14(20)7-5-13/h3-9H,10H2,1-2H3,(H,22,23). The lowest BCUT2D eigenvalue weighted by atomic mass is 10.1. The second kappa shape index (κ2) is 6.13. The minimum absolute atomic E-state index is 0.118. The van der Waals surface area contributed by atoms with Gasteiger partial charge in [-0.2, -0.15) is 0 Å². The number of hydrogen-bond donors (Lipinski definition) is 1. The van der Waals surface area contributed by atoms with Crippen molar-refractivity contribution in [3.05, 3.63) is 69.9 Å². The van der Waals surface area contributed by atoms with E-state index in [1.165, 1.54) is 0 Å². The minimum Gasteiger partial charge on any atom is -0.481 e. The Hall–Kier alpha value is -2.59. The molecule has 0 fully saturated rings. The zero-order valence-electron chi connectivity index (χ0n) is 13.3. The second-order valence-electron chi connectivity index (χ2n) is 5.80. The van der Waals surface area contributed by atoms with Gasteiger partial charge in [0.2, 0.25) is 0 Å². The number of carboxylic acid groups (broad SMARTS) is 1. The molecule has 0 spiro atoms. The van der Waals surface area contributed by atoms with Crippen molar-refractivity contribution < 1.29 is 14.7 Å². The van der Waals surface area contributed by atoms with Crippen LogP contribution in [-0.4, -0.2) is 21.6 Å². The molecule has 0 aliphatic heterocycles. The van der Waals surface area contributed by atoms with Gasteiger partial charge in [-0.05, 0) is 55.8 Å². The van der Waals surface area contributed by atoms with Crippen LogP contribution >= 0.6 is 11.6 Å². The fraction of sp³-hybridized carbons (Fsp3) is 0.158. The van der Waals surface area contributed by atoms with Crippen molar-refractivity contribution in [1.82, 2.24) is 4.57 Å². The van der Waals surface area contributed by atoms with Crippen molar-refractivity contribution in [2.24, 2.45) is 0 Å². The molecule has 1 N–H and O–H groups in total. The Morgan fingerprint density at radius 3 is 2.38 bits per heavy atom. The summed E-state index contributed by atoms with van der Waals surface area (Å²) in [6.07, 6.45) is -0.118. The number of aromatic nitrogens is 1. The highest BCUT2D eigenvalue weighted by Crippen LogP contribution is 2.28. The van der Waals surface area contributed by atoms with Gasteiger partial charge in [-0.1, -0.05) is 23.2 Å². The fourth-order valence-corrected chi connectivity index (χ4v) is 3.08. The van der Waals surface area contributed by atoms with Gasteiger partial charge in [0, 0.05) is 21.7 Å². The number of nitrogens with zero attached hydrogens (tertiary/aromatic N) is 1. The van der Waals surface area contributed by atoms with Crippen LogP contribution in [0.15, 0.2) is 42.5 Å². The summed E-state index contributed by atoms with van der Waals surface area (Å²) in [5, 5.41) is 10.6. The van der Waals surface area contributed by atoms with Gasteiger partial charge in [0.25, 0.3) is 5.91 Å². The van der Waals surface area contributed by atoms with Crippen LogP contribution in [0.2, 0.25) is 5.02 Å². The quantitative estimate of drug-likeness (QED) is 0.775. The Bertz CT molecular complexity index is 955. The van der Waals surface area contributed by atoms with E-state index < -0.39 is 5.97 Å². The first-order valence-electron chi connectivity index (χ1n) is 7.51. The van der Waals surface area contributed by atoms with Crippen LogP contribution in [0.3, 0.4) is 0 Å². The Balaban J connectivity index is 2.24. The largest absolute Gasteiger partial charge is 0.481 e. The summed E-state index contributed by atoms with van der Waals surface area (Å²) in [4.78, 5) is 24.2. The maximum atomic E-state index is 12.9. The van der Waals surface area contributed by atoms with Gasteiger partial charge in [0.1, 0.15) is 0 Å². The third-order valence-corrected chi connectivity index (χ3v) is 4.36. The third kappa shape index (κ3) is 2.81. The molecule has 0 unspecified atom stereocenters. The Labute approximate surface area is 144 Å². The monoisotopic (exact) mass is 341 g/mol. The molecule has 1 heterocycles. The molecule has 24 heavy (non-hydrogen) atoms. The highest BCUT2D eigenvalue weighted by molar-refractivity contribution is 6.30. The van der Waals surface area contributed by atoms with Gasteiger partial charge in [0.05, 0.1) is 11.9 Å². The second-order valence-corrected chi connectivity index (χ2v) is 6.24. The molecule has 0 aliphatic carbocycles. The number of carboxylic acids is 1. The molecule has 4 nitrogen and oxygen atoms in total. The predicted molar refractivity (Wildman–Crippen MR) is 93.9 cm³/mol. The smallest absolute Gasteiger partial charge is 0.307 e. The van der Waals surface area contributed by atoms with E-state index in [0.717, 1.165) is 10.9 Å². The predicted octanol–water partition coefficient (Wildman–Crippen LogP) is 4.23. The first kappa shape index (κ1) is 16.3. The number of aliphatic carboxylic acids is 1. The van der Waals surface area contributed by atoms with Gasteiger partial charge >= 0.3 is 5.97 Å². The summed E-state index contributed by atoms with van der Waals surface area (Å²) in [6.45, 7) is 3.72. The van der Waals surface area contributed by atoms with Crippen molar-refractivity contribution in [2.75, 3.05) is 0 Å². The Kier molecular flexibility index (Phi) is 4.16. The molecule has 0 bridgehead atoms. The molecule has 0 atom stereocenters. The van der Waals surface area contributed by atoms with Crippen LogP contribution in [-0.2, 0) is 11.2 Å². The minimum atomic E-state index is -0.919. The Morgan fingerprint density at radius 2 is 1.75 bits per heavy atom. The molecule has 5 heteroatoms. The first-order valence-corrected chi connectivity index (χ1v) is 7.89. The van der Waals surface area contributed by atoms with E-state index in [1.54, 1.807) is 35.8 Å². The fourth-order valence-electron chi connectivity index (χ4n) is 2.95. The zero-order chi connectivity index (χ0) is 17.4. The average Bonchev–Trinajstić information content (AvgIpc) is 2.79. The number of aryl methyl sites for hydroxylation is 1. The van der Waals surface area contributed by atoms with Gasteiger partial charge in [-0.15, -0.1) is 0 Å². The molecular weight excluding hydrogens is 326 g/mol. The van der Waals surface area contributed by atoms with E-state index in [2.05, 4.69) is 0 Å². The number of hydrogen-bond acceptors (Lipinski definition) is 2. The highest BCUT2D eigenvalue weighted by Gasteiger charge is 2.21. The Morgan fingerprint density at radius 1 is 1.08 bits per heavy atom. The lowest BCUT2D eigenvalue weighted by Gasteiger charge is -2.07. The maximum Gasteiger partial charge on any atom is 0.307 e. The molecule has 0 amide bonds. The molecule has 0 saturated heterocycles. The maximum absolute atomic E-state index is 12.9. The van der Waals surface area contributed by atoms with Crippen LogP contribution in [0, 0.1) is 13.8 Å². The molecule has 2 aromatic carbocycles. The van der Waals surface area contributed by atoms with E-state index in [4.69, 9.17) is 11.6 Å². The molecule has 122 valence electrons. The summed E-state index contributed by atoms with van der Waals surface area (Å²) in [5.74, 6) is -1.12. The topological polar surface area (TPSA) is 59.3 Å². The third-order valence-electron chi connectivity index (χ3n) is 4.11. The van der Waals surface area contributed by atoms with Gasteiger partial charge in [-0.3, -0.25) is 14.2 Å². The molecule has 3 rings (SSSR count). The molecular formula is C19H16ClNO3. The number of fused-ring (bicyclic) bond motifs is 1. The van der Waals surface area contributed by atoms with Crippen LogP contribution in [0.1, 0.15) is 27.2 Å². The molecule has 0 radical (unpaired) electrons. The van der Waals surface area contributed by atoms with Crippen LogP contribution in [0.4, 0.5) is 0 Å². The summed E-state index contributed by atoms with van der Waals surface area (Å²) in [6, 6.07) is 12.4. The summed E-state index contributed by atoms with van der Waals surface area (Å²) < 4.78 is 1.58. The van der Waals surface area contributed by atoms with Crippen LogP contribution < -0.4 is 0 Å². The molecule has 0 saturated carbocycles. The van der Waals surface area contributed by atoms with Crippen molar-refractivity contribution in [2.45, 2.75) is 20.3 Å². The summed E-state index contributed by atoms with van der Waals surface area (Å²) in [7, 11) is 0. The van der Waals surface area contributed by atoms with E-state index in [0.29, 0.717) is 27.4 Å². The normalized spacial score (nSPS) is 11.0. The lowest BCUT2D eigenvalue weighted by Crippen LogP contribution is -2.14. The van der Waals surface area contributed by atoms with Crippen LogP contribution in [0.25, 0.3) is 10.9 Å². The zero-order valence-corrected chi connectivity index (χ0v) is 14.1. The number of rotatable bonds is 3. The molecule has 0 aliphatic rings. The number of carbonyl (C=O) groups is 2. The van der Waals surface area contributed by atoms with Crippen LogP contribution in [0.5, 0.6) is 0 Å². The number of benzene rings is 2. The average molecular weight is 342 g/mol. The van der Waals surface area contributed by atoms with Crippen molar-refractivity contribution in [3.63, 3.8) is 0 Å². The van der Waals surface area contributed by atoms with Crippen molar-refractivity contribution >= 4 is 34.4 Å². The van der Waals surface area contributed by atoms with E-state index in [1.807, 2.05) is 25.1 Å². The lowest BCUT2D eigenvalue weighted by molar-refractivity contribution is -0.136. The summed E-state index contributed by atoms with van der Waals surface area (Å²) >= 11 is 5.88. The number of carbonyl (C=O) groups excluding carboxylic acids is 1. The first-order chi connectivity index (χ1) is 11.4. The number of halogens is 1. The molecule has 3 aromatic rings. The van der Waals surface area contributed by atoms with E-state index in [-0.39, 0.29) is 12.3 Å². The van der Waals surface area contributed by atoms with Gasteiger partial charge in [0.15, 0.2) is 0 Å². The SMILES string of the molecule is Cc1ccc2c(c1)c(CC(=O)O)c(C)n2C(=O)c1ccc(Cl)cc1. The van der Waals surface area contributed by atoms with Gasteiger partial charge < -0.3 is 5.11 Å². The van der Waals surface area contributed by atoms with E-state index in [9.17, 15) is 14.7 Å². The molecule has 1 aromatic heterocycles. The van der Waals surface area contributed by atoms with E-state index >= 15 is 0 Å². The highest BCUT2D eigenvalue weighted by atomic mass is 35.5. The summed E-state index contributed by atoms with van der Waals surface area (Å²) in [5.41, 5.74) is 3.56. The van der Waals surface area contributed by atoms with Crippen molar-refractivity contribution in [3.8, 4) is 0 Å². The van der Waals surface area contributed by atoms with Gasteiger partial charge in [-0.25, -0.2) is 0 Å².